The van der Waals surface area contributed by atoms with Crippen LogP contribution in [0.1, 0.15) is 60.1 Å². The van der Waals surface area contributed by atoms with Crippen molar-refractivity contribution in [2.45, 2.75) is 57.4 Å². The topological polar surface area (TPSA) is 46.9 Å². The van der Waals surface area contributed by atoms with E-state index in [4.69, 9.17) is 5.10 Å². The van der Waals surface area contributed by atoms with E-state index in [0.717, 1.165) is 61.2 Å². The fraction of sp³-hybridized carbons (Fsp3) is 0.360. The van der Waals surface area contributed by atoms with Crippen LogP contribution in [-0.2, 0) is 12.8 Å². The van der Waals surface area contributed by atoms with Crippen LogP contribution in [0.25, 0.3) is 16.9 Å². The number of fused-ring (bicyclic) bond motifs is 1. The minimum Gasteiger partial charge on any atom is -0.349 e. The second-order valence-electron chi connectivity index (χ2n) is 8.37. The Balaban J connectivity index is 1.50. The van der Waals surface area contributed by atoms with Gasteiger partial charge >= 0.3 is 0 Å². The number of nitrogens with zero attached hydrogens (tertiary/aromatic N) is 2. The molecular formula is C25H26FN3O. The SMILES string of the molecule is O=C(NC1CCCC1)c1ccc(-n2nc3c(c2-c2ccccc2F)CCCC3)cc1. The summed E-state index contributed by atoms with van der Waals surface area (Å²) in [6.45, 7) is 0. The zero-order chi connectivity index (χ0) is 20.5. The molecule has 4 nitrogen and oxygen atoms in total. The fourth-order valence-electron chi connectivity index (χ4n) is 4.76. The standard InChI is InChI=1S/C25H26FN3O/c26-22-11-5-3-9-20(22)24-21-10-4-6-12-23(21)28-29(24)19-15-13-17(14-16-19)25(30)27-18-7-1-2-8-18/h3,5,9,11,13-16,18H,1-2,4,6-8,10,12H2,(H,27,30). The van der Waals surface area contributed by atoms with Crippen LogP contribution in [0.5, 0.6) is 0 Å². The Morgan fingerprint density at radius 1 is 0.967 bits per heavy atom. The minimum absolute atomic E-state index is 0.0254. The number of rotatable bonds is 4. The van der Waals surface area contributed by atoms with E-state index in [0.29, 0.717) is 17.2 Å². The van der Waals surface area contributed by atoms with Crippen LogP contribution in [0, 0.1) is 5.82 Å². The molecule has 154 valence electrons. The van der Waals surface area contributed by atoms with Crippen LogP contribution in [0.3, 0.4) is 0 Å². The van der Waals surface area contributed by atoms with Crippen LogP contribution in [-0.4, -0.2) is 21.7 Å². The molecule has 0 atom stereocenters. The summed E-state index contributed by atoms with van der Waals surface area (Å²) < 4.78 is 16.5. The lowest BCUT2D eigenvalue weighted by atomic mass is 9.93. The van der Waals surface area contributed by atoms with Crippen LogP contribution in [0.2, 0.25) is 0 Å². The molecule has 1 aromatic heterocycles. The number of carbonyl (C=O) groups excluding carboxylic acids is 1. The summed E-state index contributed by atoms with van der Waals surface area (Å²) in [4.78, 5) is 12.6. The Bertz CT molecular complexity index is 1060. The first kappa shape index (κ1) is 19.0. The molecule has 1 N–H and O–H groups in total. The molecule has 1 amide bonds. The van der Waals surface area contributed by atoms with Crippen LogP contribution >= 0.6 is 0 Å². The third kappa shape index (κ3) is 3.53. The molecule has 2 aliphatic carbocycles. The fourth-order valence-corrected chi connectivity index (χ4v) is 4.76. The average molecular weight is 404 g/mol. The molecule has 0 aliphatic heterocycles. The zero-order valence-electron chi connectivity index (χ0n) is 17.0. The second-order valence-corrected chi connectivity index (χ2v) is 8.37. The lowest BCUT2D eigenvalue weighted by molar-refractivity contribution is 0.0938. The first-order chi connectivity index (χ1) is 14.7. The van der Waals surface area contributed by atoms with Gasteiger partial charge in [0.25, 0.3) is 5.91 Å². The summed E-state index contributed by atoms with van der Waals surface area (Å²) in [5.41, 5.74) is 5.12. The highest BCUT2D eigenvalue weighted by Gasteiger charge is 2.24. The molecule has 2 aromatic carbocycles. The average Bonchev–Trinajstić information content (AvgIpc) is 3.42. The second kappa shape index (κ2) is 8.05. The van der Waals surface area contributed by atoms with E-state index >= 15 is 0 Å². The van der Waals surface area contributed by atoms with Crippen molar-refractivity contribution < 1.29 is 9.18 Å². The Labute approximate surface area is 176 Å². The highest BCUT2D eigenvalue weighted by atomic mass is 19.1. The molecule has 0 saturated heterocycles. The molecular weight excluding hydrogens is 377 g/mol. The highest BCUT2D eigenvalue weighted by Crippen LogP contribution is 2.34. The van der Waals surface area contributed by atoms with Crippen molar-refractivity contribution in [3.8, 4) is 16.9 Å². The lowest BCUT2D eigenvalue weighted by Crippen LogP contribution is -2.32. The van der Waals surface area contributed by atoms with Gasteiger partial charge in [-0.05, 0) is 74.9 Å². The number of carbonyl (C=O) groups is 1. The predicted octanol–water partition coefficient (Wildman–Crippen LogP) is 5.23. The van der Waals surface area contributed by atoms with E-state index < -0.39 is 0 Å². The van der Waals surface area contributed by atoms with E-state index in [1.54, 1.807) is 6.07 Å². The van der Waals surface area contributed by atoms with Gasteiger partial charge in [-0.25, -0.2) is 9.07 Å². The van der Waals surface area contributed by atoms with Crippen molar-refractivity contribution in [2.24, 2.45) is 0 Å². The normalized spacial score (nSPS) is 16.4. The first-order valence-electron chi connectivity index (χ1n) is 11.0. The van der Waals surface area contributed by atoms with Crippen molar-refractivity contribution in [1.82, 2.24) is 15.1 Å². The first-order valence-corrected chi connectivity index (χ1v) is 11.0. The predicted molar refractivity (Wildman–Crippen MR) is 115 cm³/mol. The molecule has 5 rings (SSSR count). The van der Waals surface area contributed by atoms with E-state index in [9.17, 15) is 9.18 Å². The molecule has 0 bridgehead atoms. The van der Waals surface area contributed by atoms with Crippen LogP contribution in [0.15, 0.2) is 48.5 Å². The summed E-state index contributed by atoms with van der Waals surface area (Å²) in [5, 5.41) is 7.97. The number of hydrogen-bond acceptors (Lipinski definition) is 2. The van der Waals surface area contributed by atoms with Crippen LogP contribution in [0.4, 0.5) is 4.39 Å². The number of aryl methyl sites for hydroxylation is 1. The molecule has 5 heteroatoms. The van der Waals surface area contributed by atoms with E-state index in [2.05, 4.69) is 5.32 Å². The van der Waals surface area contributed by atoms with Gasteiger partial charge in [-0.1, -0.05) is 25.0 Å². The number of amides is 1. The van der Waals surface area contributed by atoms with E-state index in [1.165, 1.54) is 18.9 Å². The van der Waals surface area contributed by atoms with Gasteiger partial charge in [-0.2, -0.15) is 5.10 Å². The van der Waals surface area contributed by atoms with Gasteiger partial charge in [0.15, 0.2) is 0 Å². The van der Waals surface area contributed by atoms with Gasteiger partial charge in [-0.15, -0.1) is 0 Å². The van der Waals surface area contributed by atoms with Gasteiger partial charge in [0.05, 0.1) is 17.1 Å². The maximum atomic E-state index is 14.7. The molecule has 1 heterocycles. The quantitative estimate of drug-likeness (QED) is 0.648. The molecule has 1 saturated carbocycles. The number of nitrogens with one attached hydrogen (secondary N) is 1. The summed E-state index contributed by atoms with van der Waals surface area (Å²) >= 11 is 0. The smallest absolute Gasteiger partial charge is 0.251 e. The van der Waals surface area contributed by atoms with Crippen molar-refractivity contribution in [2.75, 3.05) is 0 Å². The summed E-state index contributed by atoms with van der Waals surface area (Å²) in [5.74, 6) is -0.262. The number of aromatic nitrogens is 2. The minimum atomic E-state index is -0.236. The third-order valence-electron chi connectivity index (χ3n) is 6.35. The molecule has 3 aromatic rings. The van der Waals surface area contributed by atoms with E-state index in [1.807, 2.05) is 41.1 Å². The largest absolute Gasteiger partial charge is 0.349 e. The third-order valence-corrected chi connectivity index (χ3v) is 6.35. The Morgan fingerprint density at radius 3 is 2.47 bits per heavy atom. The zero-order valence-corrected chi connectivity index (χ0v) is 17.0. The summed E-state index contributed by atoms with van der Waals surface area (Å²) in [6.07, 6.45) is 8.55. The lowest BCUT2D eigenvalue weighted by Gasteiger charge is -2.14. The Kier molecular flexibility index (Phi) is 5.11. The van der Waals surface area contributed by atoms with E-state index in [-0.39, 0.29) is 11.7 Å². The number of halogens is 1. The molecule has 0 unspecified atom stereocenters. The van der Waals surface area contributed by atoms with Gasteiger partial charge in [0, 0.05) is 22.7 Å². The summed E-state index contributed by atoms with van der Waals surface area (Å²) in [7, 11) is 0. The molecule has 0 radical (unpaired) electrons. The van der Waals surface area contributed by atoms with Gasteiger partial charge < -0.3 is 5.32 Å². The summed E-state index contributed by atoms with van der Waals surface area (Å²) in [6, 6.07) is 14.7. The van der Waals surface area contributed by atoms with Crippen molar-refractivity contribution >= 4 is 5.91 Å². The number of hydrogen-bond donors (Lipinski definition) is 1. The van der Waals surface area contributed by atoms with Crippen molar-refractivity contribution in [3.05, 3.63) is 71.2 Å². The molecule has 0 spiro atoms. The van der Waals surface area contributed by atoms with Crippen molar-refractivity contribution in [1.29, 1.82) is 0 Å². The van der Waals surface area contributed by atoms with Crippen molar-refractivity contribution in [3.63, 3.8) is 0 Å². The Hall–Kier alpha value is -2.95. The Morgan fingerprint density at radius 2 is 1.70 bits per heavy atom. The van der Waals surface area contributed by atoms with Gasteiger partial charge in [0.2, 0.25) is 0 Å². The maximum Gasteiger partial charge on any atom is 0.251 e. The monoisotopic (exact) mass is 403 g/mol. The molecule has 30 heavy (non-hydrogen) atoms. The maximum absolute atomic E-state index is 14.7. The van der Waals surface area contributed by atoms with Gasteiger partial charge in [-0.3, -0.25) is 4.79 Å². The van der Waals surface area contributed by atoms with Crippen LogP contribution < -0.4 is 5.32 Å². The highest BCUT2D eigenvalue weighted by molar-refractivity contribution is 5.94. The number of benzene rings is 2. The molecule has 1 fully saturated rings. The molecule has 2 aliphatic rings. The van der Waals surface area contributed by atoms with Gasteiger partial charge in [0.1, 0.15) is 5.82 Å².